The van der Waals surface area contributed by atoms with Gasteiger partial charge in [-0.15, -0.1) is 0 Å². The lowest BCUT2D eigenvalue weighted by Crippen LogP contribution is -2.23. The van der Waals surface area contributed by atoms with Crippen LogP contribution in [0.4, 0.5) is 8.78 Å². The van der Waals surface area contributed by atoms with Crippen LogP contribution in [0.3, 0.4) is 0 Å². The molecule has 1 heterocycles. The maximum Gasteiger partial charge on any atom is 0.161 e. The molecule has 0 spiro atoms. The number of ether oxygens (including phenoxy) is 1. The SMILES string of the molecule is CCn1ncc(OC)c1C(Cc1ccc(F)c(F)c1)NC. The Morgan fingerprint density at radius 2 is 2.10 bits per heavy atom. The number of likely N-dealkylation sites (N-methyl/N-ethyl adjacent to an activating group) is 1. The van der Waals surface area contributed by atoms with Gasteiger partial charge in [0.1, 0.15) is 0 Å². The summed E-state index contributed by atoms with van der Waals surface area (Å²) in [5, 5.41) is 7.44. The number of methoxy groups -OCH3 is 1. The quantitative estimate of drug-likeness (QED) is 0.890. The van der Waals surface area contributed by atoms with Crippen LogP contribution >= 0.6 is 0 Å². The summed E-state index contributed by atoms with van der Waals surface area (Å²) in [5.74, 6) is -0.993. The molecule has 0 aliphatic heterocycles. The van der Waals surface area contributed by atoms with Crippen molar-refractivity contribution in [2.45, 2.75) is 25.9 Å². The number of hydrogen-bond donors (Lipinski definition) is 1. The van der Waals surface area contributed by atoms with E-state index in [0.717, 1.165) is 11.8 Å². The zero-order valence-electron chi connectivity index (χ0n) is 12.4. The Morgan fingerprint density at radius 1 is 1.33 bits per heavy atom. The van der Waals surface area contributed by atoms with Gasteiger partial charge < -0.3 is 10.1 Å². The van der Waals surface area contributed by atoms with Gasteiger partial charge in [0.05, 0.1) is 25.0 Å². The topological polar surface area (TPSA) is 39.1 Å². The first kappa shape index (κ1) is 15.4. The Bertz CT molecular complexity index is 591. The van der Waals surface area contributed by atoms with Gasteiger partial charge in [0.25, 0.3) is 0 Å². The fraction of sp³-hybridized carbons (Fsp3) is 0.400. The molecule has 2 aromatic rings. The number of rotatable bonds is 6. The van der Waals surface area contributed by atoms with E-state index in [4.69, 9.17) is 4.74 Å². The fourth-order valence-corrected chi connectivity index (χ4v) is 2.38. The predicted molar refractivity (Wildman–Crippen MR) is 76.3 cm³/mol. The van der Waals surface area contributed by atoms with Gasteiger partial charge in [-0.2, -0.15) is 5.10 Å². The highest BCUT2D eigenvalue weighted by atomic mass is 19.2. The first-order chi connectivity index (χ1) is 10.1. The molecule has 1 aromatic carbocycles. The second-order valence-corrected chi connectivity index (χ2v) is 4.71. The number of benzene rings is 1. The number of aromatic nitrogens is 2. The molecule has 114 valence electrons. The summed E-state index contributed by atoms with van der Waals surface area (Å²) in [6.45, 7) is 2.69. The van der Waals surface area contributed by atoms with Crippen LogP contribution in [-0.4, -0.2) is 23.9 Å². The lowest BCUT2D eigenvalue weighted by Gasteiger charge is -2.19. The van der Waals surface area contributed by atoms with Crippen LogP contribution in [0, 0.1) is 11.6 Å². The van der Waals surface area contributed by atoms with Gasteiger partial charge in [-0.1, -0.05) is 6.07 Å². The van der Waals surface area contributed by atoms with E-state index in [1.54, 1.807) is 19.4 Å². The predicted octanol–water partition coefficient (Wildman–Crippen LogP) is 2.69. The van der Waals surface area contributed by atoms with E-state index in [2.05, 4.69) is 10.4 Å². The molecular formula is C15H19F2N3O. The van der Waals surface area contributed by atoms with Crippen molar-refractivity contribution in [2.75, 3.05) is 14.2 Å². The summed E-state index contributed by atoms with van der Waals surface area (Å²) in [6, 6.07) is 3.85. The minimum atomic E-state index is -0.837. The number of halogens is 2. The lowest BCUT2D eigenvalue weighted by molar-refractivity contribution is 0.394. The van der Waals surface area contributed by atoms with Crippen molar-refractivity contribution >= 4 is 0 Å². The minimum absolute atomic E-state index is 0.104. The molecule has 0 aliphatic rings. The van der Waals surface area contributed by atoms with E-state index >= 15 is 0 Å². The number of nitrogens with one attached hydrogen (secondary N) is 1. The molecule has 1 aromatic heterocycles. The van der Waals surface area contributed by atoms with Gasteiger partial charge in [0.15, 0.2) is 17.4 Å². The van der Waals surface area contributed by atoms with Crippen molar-refractivity contribution in [2.24, 2.45) is 0 Å². The molecule has 6 heteroatoms. The van der Waals surface area contributed by atoms with Crippen LogP contribution in [0.5, 0.6) is 5.75 Å². The van der Waals surface area contributed by atoms with Crippen LogP contribution in [0.25, 0.3) is 0 Å². The monoisotopic (exact) mass is 295 g/mol. The molecule has 21 heavy (non-hydrogen) atoms. The maximum absolute atomic E-state index is 13.3. The Labute approximate surface area is 122 Å². The molecule has 0 fully saturated rings. The third-order valence-corrected chi connectivity index (χ3v) is 3.47. The number of aryl methyl sites for hydroxylation is 1. The highest BCUT2D eigenvalue weighted by Gasteiger charge is 2.21. The van der Waals surface area contributed by atoms with Crippen LogP contribution in [0.1, 0.15) is 24.2 Å². The van der Waals surface area contributed by atoms with Gasteiger partial charge in [0, 0.05) is 6.54 Å². The smallest absolute Gasteiger partial charge is 0.161 e. The van der Waals surface area contributed by atoms with E-state index in [-0.39, 0.29) is 6.04 Å². The van der Waals surface area contributed by atoms with Gasteiger partial charge in [-0.05, 0) is 38.1 Å². The third kappa shape index (κ3) is 3.21. The Morgan fingerprint density at radius 3 is 2.67 bits per heavy atom. The van der Waals surface area contributed by atoms with Crippen LogP contribution in [0.15, 0.2) is 24.4 Å². The molecule has 2 rings (SSSR count). The van der Waals surface area contributed by atoms with Crippen LogP contribution in [0.2, 0.25) is 0 Å². The first-order valence-electron chi connectivity index (χ1n) is 6.81. The second-order valence-electron chi connectivity index (χ2n) is 4.71. The normalized spacial score (nSPS) is 12.4. The number of nitrogens with zero attached hydrogens (tertiary/aromatic N) is 2. The largest absolute Gasteiger partial charge is 0.493 e. The summed E-state index contributed by atoms with van der Waals surface area (Å²) in [7, 11) is 3.40. The van der Waals surface area contributed by atoms with E-state index in [1.165, 1.54) is 6.07 Å². The summed E-state index contributed by atoms with van der Waals surface area (Å²) in [5.41, 5.74) is 1.60. The molecule has 0 saturated heterocycles. The number of hydrogen-bond acceptors (Lipinski definition) is 3. The highest BCUT2D eigenvalue weighted by Crippen LogP contribution is 2.27. The van der Waals surface area contributed by atoms with E-state index < -0.39 is 11.6 Å². The van der Waals surface area contributed by atoms with Crippen molar-refractivity contribution in [3.05, 3.63) is 47.3 Å². The zero-order chi connectivity index (χ0) is 15.4. The zero-order valence-corrected chi connectivity index (χ0v) is 12.4. The molecule has 0 amide bonds. The molecule has 4 nitrogen and oxygen atoms in total. The standard InChI is InChI=1S/C15H19F2N3O/c1-4-20-15(14(21-3)9-19-20)13(18-2)8-10-5-6-11(16)12(17)7-10/h5-7,9,13,18H,4,8H2,1-3H3. The van der Waals surface area contributed by atoms with Gasteiger partial charge in [0.2, 0.25) is 0 Å². The lowest BCUT2D eigenvalue weighted by atomic mass is 10.0. The van der Waals surface area contributed by atoms with Crippen molar-refractivity contribution in [1.82, 2.24) is 15.1 Å². The average molecular weight is 295 g/mol. The fourth-order valence-electron chi connectivity index (χ4n) is 2.38. The maximum atomic E-state index is 13.3. The highest BCUT2D eigenvalue weighted by molar-refractivity contribution is 5.30. The first-order valence-corrected chi connectivity index (χ1v) is 6.81. The molecule has 0 radical (unpaired) electrons. The average Bonchev–Trinajstić information content (AvgIpc) is 2.91. The Balaban J connectivity index is 2.31. The minimum Gasteiger partial charge on any atom is -0.493 e. The van der Waals surface area contributed by atoms with E-state index in [0.29, 0.717) is 24.3 Å². The van der Waals surface area contributed by atoms with Gasteiger partial charge >= 0.3 is 0 Å². The summed E-state index contributed by atoms with van der Waals surface area (Å²) < 4.78 is 33.5. The Hall–Kier alpha value is -1.95. The van der Waals surface area contributed by atoms with Crippen molar-refractivity contribution in [1.29, 1.82) is 0 Å². The molecule has 0 bridgehead atoms. The van der Waals surface area contributed by atoms with Crippen LogP contribution in [-0.2, 0) is 13.0 Å². The summed E-state index contributed by atoms with van der Waals surface area (Å²) in [4.78, 5) is 0. The second kappa shape index (κ2) is 6.67. The van der Waals surface area contributed by atoms with Crippen molar-refractivity contribution in [3.63, 3.8) is 0 Å². The molecule has 1 atom stereocenters. The molecule has 0 saturated carbocycles. The Kier molecular flexibility index (Phi) is 4.90. The third-order valence-electron chi connectivity index (χ3n) is 3.47. The van der Waals surface area contributed by atoms with Crippen molar-refractivity contribution < 1.29 is 13.5 Å². The molecule has 1 unspecified atom stereocenters. The van der Waals surface area contributed by atoms with E-state index in [1.807, 2.05) is 18.7 Å². The van der Waals surface area contributed by atoms with Crippen molar-refractivity contribution in [3.8, 4) is 5.75 Å². The van der Waals surface area contributed by atoms with E-state index in [9.17, 15) is 8.78 Å². The summed E-state index contributed by atoms with van der Waals surface area (Å²) in [6.07, 6.45) is 2.17. The van der Waals surface area contributed by atoms with Gasteiger partial charge in [-0.3, -0.25) is 4.68 Å². The molecule has 0 aliphatic carbocycles. The van der Waals surface area contributed by atoms with Crippen LogP contribution < -0.4 is 10.1 Å². The molecular weight excluding hydrogens is 276 g/mol. The van der Waals surface area contributed by atoms with Gasteiger partial charge in [-0.25, -0.2) is 8.78 Å². The molecule has 1 N–H and O–H groups in total. The summed E-state index contributed by atoms with van der Waals surface area (Å²) >= 11 is 0.